The molecule has 1 unspecified atom stereocenters. The van der Waals surface area contributed by atoms with Crippen LogP contribution in [0.25, 0.3) is 0 Å². The minimum atomic E-state index is 0.465. The van der Waals surface area contributed by atoms with E-state index >= 15 is 0 Å². The maximum atomic E-state index is 4.07. The molecule has 1 aliphatic heterocycles. The van der Waals surface area contributed by atoms with Crippen molar-refractivity contribution >= 4 is 5.69 Å². The molecule has 1 aromatic rings. The van der Waals surface area contributed by atoms with Crippen LogP contribution in [-0.4, -0.2) is 31.7 Å². The molecule has 0 saturated carbocycles. The third-order valence-corrected chi connectivity index (χ3v) is 3.56. The number of nitrogens with one attached hydrogen (secondary N) is 1. The molecule has 1 atom stereocenters. The Labute approximate surface area is 97.9 Å². The number of aromatic nitrogens is 1. The van der Waals surface area contributed by atoms with Gasteiger partial charge in [-0.25, -0.2) is 0 Å². The number of pyridine rings is 1. The van der Waals surface area contributed by atoms with Gasteiger partial charge in [0.1, 0.15) is 0 Å². The van der Waals surface area contributed by atoms with E-state index in [-0.39, 0.29) is 0 Å². The summed E-state index contributed by atoms with van der Waals surface area (Å²) in [5.41, 5.74) is 1.77. The van der Waals surface area contributed by atoms with Crippen LogP contribution in [0, 0.1) is 5.41 Å². The zero-order valence-corrected chi connectivity index (χ0v) is 10.2. The largest absolute Gasteiger partial charge is 0.371 e. The SMILES string of the molecule is CNCCC1(C)CCN(c2ccncc2)C1. The molecule has 1 saturated heterocycles. The maximum Gasteiger partial charge on any atom is 0.0397 e. The van der Waals surface area contributed by atoms with Crippen LogP contribution in [0.1, 0.15) is 19.8 Å². The van der Waals surface area contributed by atoms with Crippen molar-refractivity contribution in [3.63, 3.8) is 0 Å². The second-order valence-corrected chi connectivity index (χ2v) is 5.04. The van der Waals surface area contributed by atoms with E-state index in [9.17, 15) is 0 Å². The lowest BCUT2D eigenvalue weighted by atomic mass is 9.86. The number of hydrogen-bond acceptors (Lipinski definition) is 3. The Bertz CT molecular complexity index is 325. The van der Waals surface area contributed by atoms with Crippen LogP contribution in [0.5, 0.6) is 0 Å². The van der Waals surface area contributed by atoms with Gasteiger partial charge in [0.2, 0.25) is 0 Å². The van der Waals surface area contributed by atoms with Crippen LogP contribution in [0.2, 0.25) is 0 Å². The first kappa shape index (κ1) is 11.4. The zero-order chi connectivity index (χ0) is 11.4. The molecule has 88 valence electrons. The van der Waals surface area contributed by atoms with Gasteiger partial charge in [0.15, 0.2) is 0 Å². The summed E-state index contributed by atoms with van der Waals surface area (Å²) in [5.74, 6) is 0. The molecule has 0 bridgehead atoms. The van der Waals surface area contributed by atoms with Crippen LogP contribution < -0.4 is 10.2 Å². The fraction of sp³-hybridized carbons (Fsp3) is 0.615. The van der Waals surface area contributed by atoms with Crippen LogP contribution in [-0.2, 0) is 0 Å². The highest BCUT2D eigenvalue weighted by Gasteiger charge is 2.33. The van der Waals surface area contributed by atoms with E-state index in [1.54, 1.807) is 0 Å². The van der Waals surface area contributed by atoms with Gasteiger partial charge < -0.3 is 10.2 Å². The average Bonchev–Trinajstić information content (AvgIpc) is 2.71. The molecule has 3 nitrogen and oxygen atoms in total. The summed E-state index contributed by atoms with van der Waals surface area (Å²) >= 11 is 0. The van der Waals surface area contributed by atoms with Gasteiger partial charge in [0.25, 0.3) is 0 Å². The van der Waals surface area contributed by atoms with E-state index in [0.717, 1.165) is 6.54 Å². The molecule has 1 N–H and O–H groups in total. The molecule has 0 spiro atoms. The first-order valence-electron chi connectivity index (χ1n) is 6.03. The van der Waals surface area contributed by atoms with Gasteiger partial charge in [-0.3, -0.25) is 4.98 Å². The summed E-state index contributed by atoms with van der Waals surface area (Å²) in [4.78, 5) is 6.54. The predicted molar refractivity (Wildman–Crippen MR) is 67.7 cm³/mol. The quantitative estimate of drug-likeness (QED) is 0.838. The van der Waals surface area contributed by atoms with Gasteiger partial charge in [-0.1, -0.05) is 6.92 Å². The Morgan fingerprint density at radius 1 is 1.44 bits per heavy atom. The van der Waals surface area contributed by atoms with Gasteiger partial charge in [0.05, 0.1) is 0 Å². The highest BCUT2D eigenvalue weighted by Crippen LogP contribution is 2.35. The molecule has 1 fully saturated rings. The van der Waals surface area contributed by atoms with Crippen molar-refractivity contribution < 1.29 is 0 Å². The number of rotatable bonds is 4. The molecule has 0 amide bonds. The minimum Gasteiger partial charge on any atom is -0.371 e. The zero-order valence-electron chi connectivity index (χ0n) is 10.2. The summed E-state index contributed by atoms with van der Waals surface area (Å²) < 4.78 is 0. The summed E-state index contributed by atoms with van der Waals surface area (Å²) in [6, 6.07) is 4.20. The van der Waals surface area contributed by atoms with Crippen LogP contribution in [0.15, 0.2) is 24.5 Å². The monoisotopic (exact) mass is 219 g/mol. The smallest absolute Gasteiger partial charge is 0.0397 e. The van der Waals surface area contributed by atoms with E-state index in [1.165, 1.54) is 31.6 Å². The molecule has 0 radical (unpaired) electrons. The molecular weight excluding hydrogens is 198 g/mol. The van der Waals surface area contributed by atoms with Gasteiger partial charge in [0, 0.05) is 31.2 Å². The molecular formula is C13H21N3. The minimum absolute atomic E-state index is 0.465. The molecule has 1 aliphatic rings. The third kappa shape index (κ3) is 2.53. The van der Waals surface area contributed by atoms with Crippen LogP contribution in [0.3, 0.4) is 0 Å². The second kappa shape index (κ2) is 4.83. The predicted octanol–water partition coefficient (Wildman–Crippen LogP) is 1.91. The van der Waals surface area contributed by atoms with Crippen molar-refractivity contribution in [3.8, 4) is 0 Å². The summed E-state index contributed by atoms with van der Waals surface area (Å²) in [7, 11) is 2.03. The van der Waals surface area contributed by atoms with E-state index in [0.29, 0.717) is 5.41 Å². The normalized spacial score (nSPS) is 25.0. The molecule has 2 heterocycles. The van der Waals surface area contributed by atoms with Crippen molar-refractivity contribution in [2.75, 3.05) is 31.6 Å². The molecule has 0 aliphatic carbocycles. The number of anilines is 1. The molecule has 16 heavy (non-hydrogen) atoms. The molecule has 3 heteroatoms. The first-order valence-corrected chi connectivity index (χ1v) is 6.03. The third-order valence-electron chi connectivity index (χ3n) is 3.56. The van der Waals surface area contributed by atoms with Crippen molar-refractivity contribution in [2.45, 2.75) is 19.8 Å². The van der Waals surface area contributed by atoms with E-state index in [1.807, 2.05) is 19.4 Å². The standard InChI is InChI=1S/C13H21N3/c1-13(5-9-14-2)6-10-16(11-13)12-3-7-15-8-4-12/h3-4,7-8,14H,5-6,9-11H2,1-2H3. The fourth-order valence-corrected chi connectivity index (χ4v) is 2.43. The lowest BCUT2D eigenvalue weighted by Crippen LogP contribution is -2.27. The summed E-state index contributed by atoms with van der Waals surface area (Å²) in [5, 5.41) is 3.25. The highest BCUT2D eigenvalue weighted by molar-refractivity contribution is 5.46. The first-order chi connectivity index (χ1) is 7.73. The molecule has 1 aromatic heterocycles. The Morgan fingerprint density at radius 3 is 2.88 bits per heavy atom. The van der Waals surface area contributed by atoms with Gasteiger partial charge in [-0.05, 0) is 44.0 Å². The Kier molecular flexibility index (Phi) is 3.44. The van der Waals surface area contributed by atoms with Crippen LogP contribution in [0.4, 0.5) is 5.69 Å². The molecule has 0 aromatic carbocycles. The second-order valence-electron chi connectivity index (χ2n) is 5.04. The maximum absolute atomic E-state index is 4.07. The van der Waals surface area contributed by atoms with Crippen molar-refractivity contribution in [1.82, 2.24) is 10.3 Å². The highest BCUT2D eigenvalue weighted by atomic mass is 15.2. The topological polar surface area (TPSA) is 28.2 Å². The fourth-order valence-electron chi connectivity index (χ4n) is 2.43. The van der Waals surface area contributed by atoms with Crippen molar-refractivity contribution in [3.05, 3.63) is 24.5 Å². The lowest BCUT2D eigenvalue weighted by molar-refractivity contribution is 0.335. The van der Waals surface area contributed by atoms with Gasteiger partial charge >= 0.3 is 0 Å². The summed E-state index contributed by atoms with van der Waals surface area (Å²) in [6.07, 6.45) is 6.29. The molecule has 2 rings (SSSR count). The Balaban J connectivity index is 1.97. The number of hydrogen-bond donors (Lipinski definition) is 1. The Hall–Kier alpha value is -1.09. The lowest BCUT2D eigenvalue weighted by Gasteiger charge is -2.25. The van der Waals surface area contributed by atoms with Crippen molar-refractivity contribution in [2.24, 2.45) is 5.41 Å². The van der Waals surface area contributed by atoms with E-state index in [2.05, 4.69) is 34.3 Å². The van der Waals surface area contributed by atoms with E-state index < -0.39 is 0 Å². The number of nitrogens with zero attached hydrogens (tertiary/aromatic N) is 2. The summed E-state index contributed by atoms with van der Waals surface area (Å²) in [6.45, 7) is 5.84. The van der Waals surface area contributed by atoms with Crippen LogP contribution >= 0.6 is 0 Å². The van der Waals surface area contributed by atoms with E-state index in [4.69, 9.17) is 0 Å². The van der Waals surface area contributed by atoms with Gasteiger partial charge in [-0.15, -0.1) is 0 Å². The Morgan fingerprint density at radius 2 is 2.19 bits per heavy atom. The van der Waals surface area contributed by atoms with Crippen molar-refractivity contribution in [1.29, 1.82) is 0 Å². The average molecular weight is 219 g/mol. The van der Waals surface area contributed by atoms with Gasteiger partial charge in [-0.2, -0.15) is 0 Å².